The van der Waals surface area contributed by atoms with Crippen LogP contribution in [0.2, 0.25) is 0 Å². The van der Waals surface area contributed by atoms with E-state index < -0.39 is 31.1 Å². The molecule has 0 radical (unpaired) electrons. The predicted octanol–water partition coefficient (Wildman–Crippen LogP) is 2.74. The summed E-state index contributed by atoms with van der Waals surface area (Å²) in [4.78, 5) is 10.7. The molecule has 0 atom stereocenters. The molecule has 0 saturated carbocycles. The first-order valence-electron chi connectivity index (χ1n) is 7.81. The number of hydrogen-bond acceptors (Lipinski definition) is 6. The third-order valence-electron chi connectivity index (χ3n) is 3.90. The van der Waals surface area contributed by atoms with Gasteiger partial charge in [0, 0.05) is 0 Å². The minimum Gasteiger partial charge on any atom is -0.744 e. The second-order valence-electron chi connectivity index (χ2n) is 5.86. The number of hydrogen-bond donors (Lipinski definition) is 2. The first kappa shape index (κ1) is 20.6. The Balaban J connectivity index is 2.10. The molecule has 3 aromatic rings. The lowest BCUT2D eigenvalue weighted by molar-refractivity contribution is 0.0696. The third kappa shape index (κ3) is 4.66. The van der Waals surface area contributed by atoms with Gasteiger partial charge in [0.25, 0.3) is 10.1 Å². The molecule has 0 aliphatic rings. The smallest absolute Gasteiger partial charge is 0.361 e. The number of carboxylic acids is 1. The van der Waals surface area contributed by atoms with Crippen molar-refractivity contribution in [1.82, 2.24) is 0 Å². The van der Waals surface area contributed by atoms with Crippen LogP contribution < -0.4 is 0 Å². The summed E-state index contributed by atoms with van der Waals surface area (Å²) < 4.78 is 70.2. The fourth-order valence-corrected chi connectivity index (χ4v) is 3.44. The zero-order chi connectivity index (χ0) is 21.4. The van der Waals surface area contributed by atoms with E-state index in [-0.39, 0.29) is 22.0 Å². The highest BCUT2D eigenvalue weighted by molar-refractivity contribution is 7.86. The molecule has 2 aromatic carbocycles. The molecule has 9 nitrogen and oxygen atoms in total. The van der Waals surface area contributed by atoms with Crippen LogP contribution in [0.1, 0.15) is 10.4 Å². The summed E-state index contributed by atoms with van der Waals surface area (Å²) in [7, 11) is -9.02. The van der Waals surface area contributed by atoms with Crippen LogP contribution >= 0.6 is 0 Å². The fraction of sp³-hybridized carbons (Fsp3) is 0. The molecular weight excluding hydrogens is 424 g/mol. The highest BCUT2D eigenvalue weighted by Crippen LogP contribution is 2.30. The van der Waals surface area contributed by atoms with Gasteiger partial charge in [0.05, 0.1) is 38.6 Å². The molecule has 0 bridgehead atoms. The van der Waals surface area contributed by atoms with Gasteiger partial charge in [-0.05, 0) is 48.5 Å². The number of benzene rings is 2. The molecule has 11 heteroatoms. The maximum Gasteiger partial charge on any atom is 0.361 e. The average molecular weight is 436 g/mol. The van der Waals surface area contributed by atoms with Crippen LogP contribution in [0.25, 0.3) is 22.6 Å². The Kier molecular flexibility index (Phi) is 5.24. The van der Waals surface area contributed by atoms with Gasteiger partial charge >= 0.3 is 17.5 Å². The molecular formula is C18H12O9S2. The van der Waals surface area contributed by atoms with Gasteiger partial charge in [0.1, 0.15) is 10.1 Å². The number of carbonyl (C=O) groups is 1. The summed E-state index contributed by atoms with van der Waals surface area (Å²) in [6, 6.07) is 12.1. The highest BCUT2D eigenvalue weighted by Gasteiger charge is 2.23. The summed E-state index contributed by atoms with van der Waals surface area (Å²) in [6.45, 7) is 0. The van der Waals surface area contributed by atoms with E-state index in [0.717, 1.165) is 24.3 Å². The van der Waals surface area contributed by atoms with Crippen LogP contribution in [0.4, 0.5) is 0 Å². The Morgan fingerprint density at radius 2 is 1.21 bits per heavy atom. The van der Waals surface area contributed by atoms with E-state index in [1.54, 1.807) is 0 Å². The lowest BCUT2D eigenvalue weighted by atomic mass is 10.1. The third-order valence-corrected chi connectivity index (χ3v) is 5.62. The Bertz CT molecular complexity index is 1200. The summed E-state index contributed by atoms with van der Waals surface area (Å²) in [6.07, 6.45) is 0. The topological polar surface area (TPSA) is 160 Å². The molecule has 0 aliphatic carbocycles. The summed E-state index contributed by atoms with van der Waals surface area (Å²) in [5, 5.41) is 9.35. The monoisotopic (exact) mass is 436 g/mol. The average Bonchev–Trinajstić information content (AvgIpc) is 2.66. The Labute approximate surface area is 165 Å². The highest BCUT2D eigenvalue weighted by atomic mass is 32.2. The van der Waals surface area contributed by atoms with Crippen molar-refractivity contribution in [2.75, 3.05) is 0 Å². The maximum absolute atomic E-state index is 11.5. The number of carboxylic acid groups (broad SMARTS) is 1. The molecule has 150 valence electrons. The van der Waals surface area contributed by atoms with Gasteiger partial charge in [-0.3, -0.25) is 4.55 Å². The van der Waals surface area contributed by atoms with E-state index in [0.29, 0.717) is 11.1 Å². The second kappa shape index (κ2) is 7.37. The van der Waals surface area contributed by atoms with Crippen molar-refractivity contribution >= 4 is 26.2 Å². The summed E-state index contributed by atoms with van der Waals surface area (Å²) >= 11 is 0. The molecule has 0 saturated heterocycles. The molecule has 1 heterocycles. The van der Waals surface area contributed by atoms with Gasteiger partial charge in [0.2, 0.25) is 0 Å². The summed E-state index contributed by atoms with van der Waals surface area (Å²) in [5.74, 6) is -1.09. The van der Waals surface area contributed by atoms with Crippen LogP contribution in [0.5, 0.6) is 0 Å². The van der Waals surface area contributed by atoms with E-state index in [1.807, 2.05) is 0 Å². The normalized spacial score (nSPS) is 11.9. The van der Waals surface area contributed by atoms with Gasteiger partial charge in [-0.15, -0.1) is 0 Å². The van der Waals surface area contributed by atoms with E-state index >= 15 is 0 Å². The van der Waals surface area contributed by atoms with Crippen LogP contribution in [-0.4, -0.2) is 37.0 Å². The number of rotatable bonds is 5. The molecule has 0 unspecified atom stereocenters. The van der Waals surface area contributed by atoms with Crippen molar-refractivity contribution in [2.24, 2.45) is 0 Å². The molecule has 0 spiro atoms. The zero-order valence-electron chi connectivity index (χ0n) is 14.3. The molecule has 0 fully saturated rings. The van der Waals surface area contributed by atoms with E-state index in [9.17, 15) is 31.3 Å². The van der Waals surface area contributed by atoms with Crippen LogP contribution in [-0.2, 0) is 20.2 Å². The maximum atomic E-state index is 11.5. The molecule has 29 heavy (non-hydrogen) atoms. The molecule has 0 aliphatic heterocycles. The largest absolute Gasteiger partial charge is 0.744 e. The minimum atomic E-state index is -4.63. The Hall–Kier alpha value is -3.12. The van der Waals surface area contributed by atoms with Crippen LogP contribution in [0, 0.1) is 0 Å². The molecule has 1 aromatic heterocycles. The minimum absolute atomic E-state index is 0.0774. The first-order chi connectivity index (χ1) is 13.4. The van der Waals surface area contributed by atoms with E-state index in [2.05, 4.69) is 0 Å². The fourth-order valence-electron chi connectivity index (χ4n) is 2.49. The Morgan fingerprint density at radius 1 is 0.793 bits per heavy atom. The van der Waals surface area contributed by atoms with Gasteiger partial charge < -0.3 is 9.66 Å². The summed E-state index contributed by atoms with van der Waals surface area (Å²) in [5.41, 5.74) is 0.512. The molecule has 3 rings (SSSR count). The van der Waals surface area contributed by atoms with Crippen molar-refractivity contribution in [1.29, 1.82) is 0 Å². The molecule has 2 N–H and O–H groups in total. The first-order valence-corrected chi connectivity index (χ1v) is 10.7. The van der Waals surface area contributed by atoms with Crippen LogP contribution in [0.15, 0.2) is 74.9 Å². The molecule has 0 amide bonds. The van der Waals surface area contributed by atoms with Crippen LogP contribution in [0.3, 0.4) is 0 Å². The van der Waals surface area contributed by atoms with Crippen molar-refractivity contribution < 1.29 is 40.3 Å². The van der Waals surface area contributed by atoms with Gasteiger partial charge in [-0.25, -0.2) is 17.6 Å². The van der Waals surface area contributed by atoms with Crippen molar-refractivity contribution in [2.45, 2.75) is 9.79 Å². The lowest BCUT2D eigenvalue weighted by Gasteiger charge is -2.06. The zero-order valence-corrected chi connectivity index (χ0v) is 16.0. The van der Waals surface area contributed by atoms with Crippen molar-refractivity contribution in [3.63, 3.8) is 0 Å². The lowest BCUT2D eigenvalue weighted by Crippen LogP contribution is -1.99. The SMILES string of the molecule is O=C(O)c1cc(-c2ccc(S(=O)(=O)[O-])cc2)[o+]c(-c2ccc(S(=O)(=O)O)cc2)c1. The van der Waals surface area contributed by atoms with E-state index in [1.165, 1.54) is 36.4 Å². The quantitative estimate of drug-likeness (QED) is 0.452. The predicted molar refractivity (Wildman–Crippen MR) is 98.7 cm³/mol. The van der Waals surface area contributed by atoms with Crippen molar-refractivity contribution in [3.8, 4) is 22.6 Å². The number of aromatic carboxylic acids is 1. The van der Waals surface area contributed by atoms with E-state index in [4.69, 9.17) is 8.97 Å². The Morgan fingerprint density at radius 3 is 1.55 bits per heavy atom. The van der Waals surface area contributed by atoms with Gasteiger partial charge in [-0.2, -0.15) is 8.42 Å². The van der Waals surface area contributed by atoms with Gasteiger partial charge in [0.15, 0.2) is 0 Å². The standard InChI is InChI=1S/C18H12O9S2/c19-18(20)13-9-16(11-1-5-14(6-2-11)28(21,22)23)27-17(10-13)12-3-7-15(8-4-12)29(24,25)26/h1-10H,(H2-,19,20,21,22,23,24,25,26). The van der Waals surface area contributed by atoms with Gasteiger partial charge in [-0.1, -0.05) is 0 Å². The second-order valence-corrected chi connectivity index (χ2v) is 8.66. The van der Waals surface area contributed by atoms with Crippen molar-refractivity contribution in [3.05, 3.63) is 66.2 Å².